The van der Waals surface area contributed by atoms with Gasteiger partial charge in [0.25, 0.3) is 11.7 Å². The third-order valence-corrected chi connectivity index (χ3v) is 7.07. The molecular formula is C26H32N2O5S. The van der Waals surface area contributed by atoms with E-state index in [-0.39, 0.29) is 17.4 Å². The van der Waals surface area contributed by atoms with E-state index in [1.807, 2.05) is 38.3 Å². The summed E-state index contributed by atoms with van der Waals surface area (Å²) >= 11 is 1.48. The van der Waals surface area contributed by atoms with E-state index in [4.69, 9.17) is 9.47 Å². The first kappa shape index (κ1) is 24.4. The monoisotopic (exact) mass is 484 g/mol. The van der Waals surface area contributed by atoms with Crippen LogP contribution in [0, 0.1) is 6.92 Å². The molecule has 1 unspecified atom stereocenters. The number of likely N-dealkylation sites (tertiary alicyclic amines) is 1. The Bertz CT molecular complexity index is 1060. The minimum absolute atomic E-state index is 0.0276. The lowest BCUT2D eigenvalue weighted by atomic mass is 9.98. The van der Waals surface area contributed by atoms with Crippen LogP contribution in [0.2, 0.25) is 0 Å². The predicted octanol–water partition coefficient (Wildman–Crippen LogP) is 3.99. The Labute approximate surface area is 204 Å². The van der Waals surface area contributed by atoms with Crippen LogP contribution in [0.1, 0.15) is 42.3 Å². The minimum Gasteiger partial charge on any atom is -0.507 e. The number of morpholine rings is 1. The molecule has 182 valence electrons. The molecule has 0 aliphatic carbocycles. The number of thiophene rings is 1. The van der Waals surface area contributed by atoms with E-state index in [0.717, 1.165) is 55.5 Å². The van der Waals surface area contributed by atoms with Crippen molar-refractivity contribution in [3.8, 4) is 5.75 Å². The molecular weight excluding hydrogens is 452 g/mol. The van der Waals surface area contributed by atoms with Gasteiger partial charge in [0.2, 0.25) is 0 Å². The van der Waals surface area contributed by atoms with E-state index in [0.29, 0.717) is 12.1 Å². The number of hydrogen-bond donors (Lipinski definition) is 1. The second-order valence-corrected chi connectivity index (χ2v) is 9.94. The lowest BCUT2D eigenvalue weighted by molar-refractivity contribution is -0.140. The Kier molecular flexibility index (Phi) is 7.70. The molecule has 1 aromatic heterocycles. The molecule has 0 spiro atoms. The Morgan fingerprint density at radius 1 is 1.21 bits per heavy atom. The summed E-state index contributed by atoms with van der Waals surface area (Å²) in [6.07, 6.45) is 0.773. The number of ether oxygens (including phenoxy) is 2. The van der Waals surface area contributed by atoms with E-state index in [2.05, 4.69) is 4.90 Å². The smallest absolute Gasteiger partial charge is 0.295 e. The van der Waals surface area contributed by atoms with Crippen LogP contribution in [-0.4, -0.2) is 72.1 Å². The van der Waals surface area contributed by atoms with Crippen molar-refractivity contribution in [2.45, 2.75) is 39.3 Å². The summed E-state index contributed by atoms with van der Waals surface area (Å²) < 4.78 is 11.2. The average molecular weight is 485 g/mol. The van der Waals surface area contributed by atoms with Gasteiger partial charge in [-0.1, -0.05) is 6.07 Å². The average Bonchev–Trinajstić information content (AvgIpc) is 3.43. The zero-order chi connectivity index (χ0) is 24.2. The van der Waals surface area contributed by atoms with Gasteiger partial charge in [0.15, 0.2) is 0 Å². The molecule has 1 aromatic carbocycles. The van der Waals surface area contributed by atoms with Crippen molar-refractivity contribution in [2.24, 2.45) is 0 Å². The summed E-state index contributed by atoms with van der Waals surface area (Å²) in [5, 5.41) is 13.2. The summed E-state index contributed by atoms with van der Waals surface area (Å²) in [6, 6.07) is 8.55. The number of rotatable bonds is 8. The number of aliphatic hydroxyl groups is 1. The van der Waals surface area contributed by atoms with Crippen LogP contribution in [0.3, 0.4) is 0 Å². The summed E-state index contributed by atoms with van der Waals surface area (Å²) in [7, 11) is 0. The SMILES string of the molecule is Cc1cc(C(O)=C2C(=O)C(=O)N(CCCN3CCOCC3)C2c2cccs2)ccc1OC(C)C. The third-order valence-electron chi connectivity index (χ3n) is 6.14. The van der Waals surface area contributed by atoms with Crippen LogP contribution in [0.15, 0.2) is 41.3 Å². The van der Waals surface area contributed by atoms with Gasteiger partial charge in [0, 0.05) is 36.6 Å². The van der Waals surface area contributed by atoms with Gasteiger partial charge in [-0.05, 0) is 62.4 Å². The van der Waals surface area contributed by atoms with E-state index in [9.17, 15) is 14.7 Å². The van der Waals surface area contributed by atoms with Crippen molar-refractivity contribution in [2.75, 3.05) is 39.4 Å². The maximum Gasteiger partial charge on any atom is 0.295 e. The second-order valence-electron chi connectivity index (χ2n) is 8.96. The summed E-state index contributed by atoms with van der Waals surface area (Å²) in [4.78, 5) is 31.0. The normalized spacial score (nSPS) is 20.9. The molecule has 3 heterocycles. The molecule has 4 rings (SSSR count). The van der Waals surface area contributed by atoms with Gasteiger partial charge in [0.05, 0.1) is 30.9 Å². The first-order valence-electron chi connectivity index (χ1n) is 11.8. The first-order chi connectivity index (χ1) is 16.4. The first-order valence-corrected chi connectivity index (χ1v) is 12.6. The maximum atomic E-state index is 13.1. The molecule has 1 atom stereocenters. The fourth-order valence-corrected chi connectivity index (χ4v) is 5.33. The van der Waals surface area contributed by atoms with E-state index >= 15 is 0 Å². The molecule has 2 fully saturated rings. The highest BCUT2D eigenvalue weighted by Gasteiger charge is 2.46. The molecule has 7 nitrogen and oxygen atoms in total. The summed E-state index contributed by atoms with van der Waals surface area (Å²) in [5.74, 6) is -0.614. The molecule has 2 aromatic rings. The molecule has 8 heteroatoms. The second kappa shape index (κ2) is 10.7. The number of amides is 1. The van der Waals surface area contributed by atoms with E-state index < -0.39 is 17.7 Å². The number of ketones is 1. The number of nitrogens with zero attached hydrogens (tertiary/aromatic N) is 2. The lowest BCUT2D eigenvalue weighted by Crippen LogP contribution is -2.38. The Morgan fingerprint density at radius 3 is 2.62 bits per heavy atom. The zero-order valence-corrected chi connectivity index (χ0v) is 20.8. The number of hydrogen-bond acceptors (Lipinski definition) is 7. The highest BCUT2D eigenvalue weighted by molar-refractivity contribution is 7.10. The molecule has 0 radical (unpaired) electrons. The topological polar surface area (TPSA) is 79.3 Å². The van der Waals surface area contributed by atoms with Crippen molar-refractivity contribution in [1.29, 1.82) is 0 Å². The van der Waals surface area contributed by atoms with Crippen molar-refractivity contribution in [3.63, 3.8) is 0 Å². The molecule has 2 aliphatic heterocycles. The quantitative estimate of drug-likeness (QED) is 0.347. The van der Waals surface area contributed by atoms with E-state index in [1.165, 1.54) is 11.3 Å². The van der Waals surface area contributed by atoms with Crippen molar-refractivity contribution in [1.82, 2.24) is 9.80 Å². The largest absolute Gasteiger partial charge is 0.507 e. The zero-order valence-electron chi connectivity index (χ0n) is 20.0. The molecule has 1 amide bonds. The molecule has 0 bridgehead atoms. The standard InChI is InChI=1S/C26H32N2O5S/c1-17(2)33-20-8-7-19(16-18(20)3)24(29)22-23(21-6-4-15-34-21)28(26(31)25(22)30)10-5-9-27-11-13-32-14-12-27/h4,6-8,15-17,23,29H,5,9-14H2,1-3H3. The molecule has 0 saturated carbocycles. The highest BCUT2D eigenvalue weighted by atomic mass is 32.1. The molecule has 34 heavy (non-hydrogen) atoms. The number of aliphatic hydroxyl groups excluding tert-OH is 1. The van der Waals surface area contributed by atoms with Gasteiger partial charge in [-0.3, -0.25) is 14.5 Å². The van der Waals surface area contributed by atoms with Gasteiger partial charge in [-0.15, -0.1) is 11.3 Å². The Morgan fingerprint density at radius 2 is 1.97 bits per heavy atom. The van der Waals surface area contributed by atoms with Crippen molar-refractivity contribution in [3.05, 3.63) is 57.3 Å². The molecule has 2 aliphatic rings. The van der Waals surface area contributed by atoms with Gasteiger partial charge >= 0.3 is 0 Å². The van der Waals surface area contributed by atoms with Crippen molar-refractivity contribution >= 4 is 28.8 Å². The number of carbonyl (C=O) groups is 2. The maximum absolute atomic E-state index is 13.1. The van der Waals surface area contributed by atoms with Crippen LogP contribution < -0.4 is 4.74 Å². The van der Waals surface area contributed by atoms with Crippen LogP contribution in [-0.2, 0) is 14.3 Å². The van der Waals surface area contributed by atoms with Crippen LogP contribution in [0.25, 0.3) is 5.76 Å². The van der Waals surface area contributed by atoms with Crippen LogP contribution >= 0.6 is 11.3 Å². The number of aryl methyl sites for hydroxylation is 1. The number of benzene rings is 1. The Hall–Kier alpha value is -2.68. The molecule has 2 saturated heterocycles. The Balaban J connectivity index is 1.62. The molecule has 1 N–H and O–H groups in total. The van der Waals surface area contributed by atoms with Gasteiger partial charge < -0.3 is 19.5 Å². The predicted molar refractivity (Wildman–Crippen MR) is 132 cm³/mol. The van der Waals surface area contributed by atoms with Gasteiger partial charge in [-0.2, -0.15) is 0 Å². The summed E-state index contributed by atoms with van der Waals surface area (Å²) in [6.45, 7) is 10.3. The third kappa shape index (κ3) is 5.19. The fourth-order valence-electron chi connectivity index (χ4n) is 4.48. The fraction of sp³-hybridized carbons (Fsp3) is 0.462. The van der Waals surface area contributed by atoms with Crippen molar-refractivity contribution < 1.29 is 24.2 Å². The minimum atomic E-state index is -0.637. The van der Waals surface area contributed by atoms with Crippen LogP contribution in [0.5, 0.6) is 5.75 Å². The number of Topliss-reactive ketones (excluding diaryl/α,β-unsaturated/α-hetero) is 1. The van der Waals surface area contributed by atoms with E-state index in [1.54, 1.807) is 23.1 Å². The highest BCUT2D eigenvalue weighted by Crippen LogP contribution is 2.41. The van der Waals surface area contributed by atoms with Gasteiger partial charge in [0.1, 0.15) is 11.5 Å². The summed E-state index contributed by atoms with van der Waals surface area (Å²) in [5.41, 5.74) is 1.50. The van der Waals surface area contributed by atoms with Gasteiger partial charge in [-0.25, -0.2) is 0 Å². The number of carbonyl (C=O) groups excluding carboxylic acids is 2. The van der Waals surface area contributed by atoms with Crippen LogP contribution in [0.4, 0.5) is 0 Å². The lowest BCUT2D eigenvalue weighted by Gasteiger charge is -2.28.